The molecule has 1 unspecified atom stereocenters. The third kappa shape index (κ3) is 4.47. The number of ether oxygens (including phenoxy) is 1. The van der Waals surface area contributed by atoms with Crippen molar-refractivity contribution in [1.82, 2.24) is 0 Å². The van der Waals surface area contributed by atoms with Crippen LogP contribution in [0, 0.1) is 6.92 Å². The molecule has 2 aromatic carbocycles. The molecule has 0 aliphatic heterocycles. The summed E-state index contributed by atoms with van der Waals surface area (Å²) >= 11 is 0. The van der Waals surface area contributed by atoms with Gasteiger partial charge in [0, 0.05) is 17.5 Å². The Morgan fingerprint density at radius 2 is 1.88 bits per heavy atom. The lowest BCUT2D eigenvalue weighted by molar-refractivity contribution is -0.135. The molecule has 5 nitrogen and oxygen atoms in total. The van der Waals surface area contributed by atoms with Crippen molar-refractivity contribution < 1.29 is 26.4 Å². The van der Waals surface area contributed by atoms with Gasteiger partial charge in [0.25, 0.3) is 0 Å². The fraction of sp³-hybridized carbons (Fsp3) is 0.158. The van der Waals surface area contributed by atoms with E-state index in [-0.39, 0.29) is 12.4 Å². The maximum Gasteiger partial charge on any atom is 0.336 e. The van der Waals surface area contributed by atoms with E-state index in [1.54, 1.807) is 12.1 Å². The van der Waals surface area contributed by atoms with E-state index in [0.29, 0.717) is 17.8 Å². The molecule has 0 aliphatic rings. The second kappa shape index (κ2) is 7.96. The van der Waals surface area contributed by atoms with Gasteiger partial charge in [-0.15, -0.1) is 0 Å². The molecule has 1 atom stereocenters. The monoisotopic (exact) mass is 358 g/mol. The Labute approximate surface area is 150 Å². The summed E-state index contributed by atoms with van der Waals surface area (Å²) in [5.74, 6) is -0.238. The summed E-state index contributed by atoms with van der Waals surface area (Å²) in [6.45, 7) is 1.82. The summed E-state index contributed by atoms with van der Waals surface area (Å²) in [6.07, 6.45) is 0.390. The van der Waals surface area contributed by atoms with Crippen molar-refractivity contribution >= 4 is 16.9 Å². The Bertz CT molecular complexity index is 937. The molecule has 1 heterocycles. The summed E-state index contributed by atoms with van der Waals surface area (Å²) < 4.78 is 10.5. The molecule has 6 heteroatoms. The fourth-order valence-electron chi connectivity index (χ4n) is 2.51. The zero-order valence-electron chi connectivity index (χ0n) is 13.6. The number of carbonyl (C=O) groups excluding carboxylic acids is 1. The lowest BCUT2D eigenvalue weighted by Crippen LogP contribution is -3.00. The Morgan fingerprint density at radius 1 is 1.16 bits per heavy atom. The maximum atomic E-state index is 12.1. The van der Waals surface area contributed by atoms with Crippen LogP contribution in [-0.4, -0.2) is 12.0 Å². The fourth-order valence-corrected chi connectivity index (χ4v) is 2.51. The summed E-state index contributed by atoms with van der Waals surface area (Å²) in [5, 5.41) is 0.794. The number of hydrogen-bond donors (Lipinski definition) is 1. The molecular formula is C19H17ClNO4-. The summed E-state index contributed by atoms with van der Waals surface area (Å²) in [7, 11) is 0. The molecular weight excluding hydrogens is 342 g/mol. The lowest BCUT2D eigenvalue weighted by Gasteiger charge is -2.11. The van der Waals surface area contributed by atoms with Crippen molar-refractivity contribution in [3.8, 4) is 5.75 Å². The van der Waals surface area contributed by atoms with E-state index in [2.05, 4.69) is 0 Å². The highest BCUT2D eigenvalue weighted by atomic mass is 35.5. The van der Waals surface area contributed by atoms with Crippen LogP contribution in [0.4, 0.5) is 0 Å². The highest BCUT2D eigenvalue weighted by Crippen LogP contribution is 2.22. The quantitative estimate of drug-likeness (QED) is 0.389. The number of hydrogen-bond acceptors (Lipinski definition) is 5. The van der Waals surface area contributed by atoms with Gasteiger partial charge in [0.2, 0.25) is 0 Å². The molecule has 1 aromatic heterocycles. The van der Waals surface area contributed by atoms with Crippen LogP contribution < -0.4 is 28.5 Å². The highest BCUT2D eigenvalue weighted by Gasteiger charge is 2.17. The zero-order valence-corrected chi connectivity index (χ0v) is 14.3. The zero-order chi connectivity index (χ0) is 17.1. The molecule has 25 heavy (non-hydrogen) atoms. The van der Waals surface area contributed by atoms with Crippen LogP contribution in [0.3, 0.4) is 0 Å². The first-order valence-corrected chi connectivity index (χ1v) is 7.58. The van der Waals surface area contributed by atoms with E-state index in [4.69, 9.17) is 14.9 Å². The normalized spacial score (nSPS) is 11.6. The van der Waals surface area contributed by atoms with Gasteiger partial charge in [-0.2, -0.15) is 0 Å². The topological polar surface area (TPSA) is 82.5 Å². The number of carbonyl (C=O) groups is 1. The van der Waals surface area contributed by atoms with Crippen LogP contribution in [-0.2, 0) is 11.2 Å². The lowest BCUT2D eigenvalue weighted by atomic mass is 10.1. The number of fused-ring (bicyclic) bond motifs is 1. The molecule has 0 aliphatic carbocycles. The predicted molar refractivity (Wildman–Crippen MR) is 91.0 cm³/mol. The van der Waals surface area contributed by atoms with Gasteiger partial charge in [0.05, 0.1) is 0 Å². The molecule has 0 saturated carbocycles. The Kier molecular flexibility index (Phi) is 5.96. The van der Waals surface area contributed by atoms with Crippen molar-refractivity contribution in [3.63, 3.8) is 0 Å². The average Bonchev–Trinajstić information content (AvgIpc) is 2.55. The molecule has 2 N–H and O–H groups in total. The Hall–Kier alpha value is -2.63. The standard InChI is InChI=1S/C19H17NO4.ClH/c1-12-9-18(21)24-17-11-14(7-8-15(12)17)23-19(22)16(20)10-13-5-3-2-4-6-13;/h2-9,11,16H,10,20H2,1H3;1H/p-1. The summed E-state index contributed by atoms with van der Waals surface area (Å²) in [6, 6.07) is 15.1. The van der Waals surface area contributed by atoms with Crippen LogP contribution in [0.2, 0.25) is 0 Å². The third-order valence-corrected chi connectivity index (χ3v) is 3.74. The van der Waals surface area contributed by atoms with Crippen molar-refractivity contribution in [2.75, 3.05) is 0 Å². The van der Waals surface area contributed by atoms with E-state index in [9.17, 15) is 9.59 Å². The molecule has 3 aromatic rings. The summed E-state index contributed by atoms with van der Waals surface area (Å²) in [4.78, 5) is 23.6. The van der Waals surface area contributed by atoms with Gasteiger partial charge >= 0.3 is 11.6 Å². The largest absolute Gasteiger partial charge is 1.00 e. The van der Waals surface area contributed by atoms with Crippen LogP contribution >= 0.6 is 0 Å². The number of esters is 1. The molecule has 130 valence electrons. The van der Waals surface area contributed by atoms with E-state index < -0.39 is 17.6 Å². The van der Waals surface area contributed by atoms with Gasteiger partial charge in [-0.3, -0.25) is 0 Å². The number of benzene rings is 2. The van der Waals surface area contributed by atoms with E-state index >= 15 is 0 Å². The van der Waals surface area contributed by atoms with Gasteiger partial charge in [-0.1, -0.05) is 30.3 Å². The SMILES string of the molecule is Cc1cc(=O)oc2cc(OC(=O)C(N)Cc3ccccc3)ccc12.[Cl-]. The third-order valence-electron chi connectivity index (χ3n) is 3.74. The van der Waals surface area contributed by atoms with Gasteiger partial charge in [0.1, 0.15) is 17.4 Å². The van der Waals surface area contributed by atoms with Gasteiger partial charge < -0.3 is 27.3 Å². The van der Waals surface area contributed by atoms with E-state index in [1.165, 1.54) is 12.1 Å². The van der Waals surface area contributed by atoms with Crippen molar-refractivity contribution in [2.45, 2.75) is 19.4 Å². The number of nitrogens with two attached hydrogens (primary N) is 1. The van der Waals surface area contributed by atoms with E-state index in [1.807, 2.05) is 37.3 Å². The number of rotatable bonds is 4. The van der Waals surface area contributed by atoms with Crippen LogP contribution in [0.25, 0.3) is 11.0 Å². The smallest absolute Gasteiger partial charge is 0.336 e. The molecule has 0 fully saturated rings. The Balaban J connectivity index is 0.00000225. The maximum absolute atomic E-state index is 12.1. The molecule has 0 radical (unpaired) electrons. The van der Waals surface area contributed by atoms with Gasteiger partial charge in [0.15, 0.2) is 0 Å². The Morgan fingerprint density at radius 3 is 2.60 bits per heavy atom. The average molecular weight is 359 g/mol. The minimum atomic E-state index is -0.771. The van der Waals surface area contributed by atoms with Gasteiger partial charge in [-0.05, 0) is 36.6 Å². The van der Waals surface area contributed by atoms with Crippen LogP contribution in [0.15, 0.2) is 63.8 Å². The van der Waals surface area contributed by atoms with Crippen LogP contribution in [0.5, 0.6) is 5.75 Å². The molecule has 0 bridgehead atoms. The first-order valence-electron chi connectivity index (χ1n) is 7.58. The molecule has 0 spiro atoms. The number of halogens is 1. The highest BCUT2D eigenvalue weighted by molar-refractivity contribution is 5.83. The molecule has 3 rings (SSSR count). The predicted octanol–water partition coefficient (Wildman–Crippen LogP) is -0.419. The van der Waals surface area contributed by atoms with Crippen molar-refractivity contribution in [3.05, 3.63) is 76.1 Å². The first kappa shape index (κ1) is 18.7. The van der Waals surface area contributed by atoms with Crippen molar-refractivity contribution in [1.29, 1.82) is 0 Å². The number of aryl methyl sites for hydroxylation is 1. The van der Waals surface area contributed by atoms with Crippen molar-refractivity contribution in [2.24, 2.45) is 5.73 Å². The minimum Gasteiger partial charge on any atom is -1.00 e. The van der Waals surface area contributed by atoms with E-state index in [0.717, 1.165) is 16.5 Å². The van der Waals surface area contributed by atoms with Crippen LogP contribution in [0.1, 0.15) is 11.1 Å². The second-order valence-electron chi connectivity index (χ2n) is 5.62. The minimum absolute atomic E-state index is 0. The second-order valence-corrected chi connectivity index (χ2v) is 5.62. The molecule has 0 amide bonds. The van der Waals surface area contributed by atoms with Gasteiger partial charge in [-0.25, -0.2) is 9.59 Å². The molecule has 0 saturated heterocycles. The summed E-state index contributed by atoms with van der Waals surface area (Å²) in [5.41, 5.74) is 7.61. The first-order chi connectivity index (χ1) is 11.5.